The van der Waals surface area contributed by atoms with Crippen LogP contribution >= 0.6 is 0 Å². The van der Waals surface area contributed by atoms with E-state index in [4.69, 9.17) is 9.47 Å². The maximum atomic E-state index is 12.7. The number of pyridine rings is 1. The molecular formula is C24H25N3O7. The summed E-state index contributed by atoms with van der Waals surface area (Å²) in [7, 11) is 4.50. The fraction of sp³-hybridized carbons (Fsp3) is 0.208. The van der Waals surface area contributed by atoms with E-state index in [0.29, 0.717) is 17.1 Å². The second-order valence-electron chi connectivity index (χ2n) is 7.47. The number of hydrogen-bond donors (Lipinski definition) is 4. The Labute approximate surface area is 195 Å². The average Bonchev–Trinajstić information content (AvgIpc) is 2.83. The number of carbonyl (C=O) groups excluding carboxylic acids is 1. The molecule has 0 aliphatic heterocycles. The van der Waals surface area contributed by atoms with Gasteiger partial charge in [0.2, 0.25) is 0 Å². The number of nitrogens with zero attached hydrogens (tertiary/aromatic N) is 1. The van der Waals surface area contributed by atoms with Gasteiger partial charge in [-0.15, -0.1) is 0 Å². The van der Waals surface area contributed by atoms with E-state index in [-0.39, 0.29) is 5.69 Å². The van der Waals surface area contributed by atoms with Gasteiger partial charge in [0, 0.05) is 13.2 Å². The predicted octanol–water partition coefficient (Wildman–Crippen LogP) is 3.11. The van der Waals surface area contributed by atoms with Crippen LogP contribution in [0, 0.1) is 0 Å². The Morgan fingerprint density at radius 1 is 1.03 bits per heavy atom. The molecular weight excluding hydrogens is 442 g/mol. The molecule has 2 aromatic carbocycles. The molecule has 1 heterocycles. The molecule has 0 aliphatic carbocycles. The molecule has 0 fully saturated rings. The van der Waals surface area contributed by atoms with Gasteiger partial charge in [-0.25, -0.2) is 4.79 Å². The first kappa shape index (κ1) is 24.2. The molecule has 0 radical (unpaired) electrons. The number of anilines is 1. The summed E-state index contributed by atoms with van der Waals surface area (Å²) in [6, 6.07) is 11.9. The number of aromatic hydroxyl groups is 1. The van der Waals surface area contributed by atoms with E-state index in [1.807, 2.05) is 18.2 Å². The number of aliphatic carboxylic acids is 1. The van der Waals surface area contributed by atoms with Crippen LogP contribution in [-0.4, -0.2) is 41.0 Å². The van der Waals surface area contributed by atoms with Crippen molar-refractivity contribution in [1.29, 1.82) is 0 Å². The first-order valence-corrected chi connectivity index (χ1v) is 10.2. The molecule has 178 valence electrons. The lowest BCUT2D eigenvalue weighted by atomic mass is 9.97. The van der Waals surface area contributed by atoms with Gasteiger partial charge in [0.15, 0.2) is 5.69 Å². The van der Waals surface area contributed by atoms with Crippen LogP contribution in [0.2, 0.25) is 0 Å². The Hall–Kier alpha value is -4.47. The minimum Gasteiger partial charge on any atom is -0.505 e. The van der Waals surface area contributed by atoms with Crippen LogP contribution in [0.15, 0.2) is 59.5 Å². The minimum absolute atomic E-state index is 0.320. The minimum atomic E-state index is -1.14. The van der Waals surface area contributed by atoms with Gasteiger partial charge in [-0.1, -0.05) is 12.1 Å². The number of benzene rings is 2. The first-order chi connectivity index (χ1) is 16.2. The van der Waals surface area contributed by atoms with Crippen molar-refractivity contribution in [3.63, 3.8) is 0 Å². The van der Waals surface area contributed by atoms with Crippen molar-refractivity contribution in [2.24, 2.45) is 7.05 Å². The normalized spacial score (nSPS) is 11.4. The van der Waals surface area contributed by atoms with Crippen LogP contribution in [0.5, 0.6) is 17.2 Å². The summed E-state index contributed by atoms with van der Waals surface area (Å²) in [5, 5.41) is 24.3. The van der Waals surface area contributed by atoms with Gasteiger partial charge in [-0.2, -0.15) is 0 Å². The van der Waals surface area contributed by atoms with Crippen molar-refractivity contribution in [2.75, 3.05) is 19.5 Å². The molecule has 0 saturated heterocycles. The van der Waals surface area contributed by atoms with E-state index >= 15 is 0 Å². The second kappa shape index (κ2) is 10.4. The van der Waals surface area contributed by atoms with Crippen LogP contribution < -0.4 is 25.7 Å². The number of carboxylic acid groups (broad SMARTS) is 1. The van der Waals surface area contributed by atoms with E-state index in [1.54, 1.807) is 31.4 Å². The number of aryl methyl sites for hydroxylation is 1. The molecule has 2 amide bonds. The Morgan fingerprint density at radius 2 is 1.74 bits per heavy atom. The molecule has 0 spiro atoms. The maximum Gasteiger partial charge on any atom is 0.319 e. The standard InChI is InChI=1S/C24H25N3O7/c1-27-8-7-20(28)22(23(27)31)26-24(32)25-19(13-21(29)30)16-9-15(11-18(12-16)34-3)14-5-4-6-17(10-14)33-2/h4-12,19,28H,13H2,1-3H3,(H,29,30)(H2,25,26,32)/t19-/m0/s1. The molecule has 1 aromatic heterocycles. The van der Waals surface area contributed by atoms with Crippen molar-refractivity contribution >= 4 is 17.7 Å². The van der Waals surface area contributed by atoms with Gasteiger partial charge in [-0.3, -0.25) is 9.59 Å². The van der Waals surface area contributed by atoms with Crippen LogP contribution in [0.4, 0.5) is 10.5 Å². The Balaban J connectivity index is 1.96. The Kier molecular flexibility index (Phi) is 7.42. The third-order valence-electron chi connectivity index (χ3n) is 5.14. The smallest absolute Gasteiger partial charge is 0.319 e. The van der Waals surface area contributed by atoms with Gasteiger partial charge >= 0.3 is 12.0 Å². The molecule has 10 heteroatoms. The number of ether oxygens (including phenoxy) is 2. The van der Waals surface area contributed by atoms with E-state index in [0.717, 1.165) is 11.1 Å². The van der Waals surface area contributed by atoms with Gasteiger partial charge in [0.25, 0.3) is 5.56 Å². The first-order valence-electron chi connectivity index (χ1n) is 10.2. The number of hydrogen-bond acceptors (Lipinski definition) is 6. The third kappa shape index (κ3) is 5.66. The lowest BCUT2D eigenvalue weighted by Crippen LogP contribution is -2.36. The number of amides is 2. The highest BCUT2D eigenvalue weighted by atomic mass is 16.5. The molecule has 3 aromatic rings. The number of nitrogens with one attached hydrogen (secondary N) is 2. The van der Waals surface area contributed by atoms with Gasteiger partial charge < -0.3 is 34.9 Å². The quantitative estimate of drug-likeness (QED) is 0.399. The average molecular weight is 467 g/mol. The van der Waals surface area contributed by atoms with Crippen LogP contribution in [0.1, 0.15) is 18.0 Å². The number of urea groups is 1. The monoisotopic (exact) mass is 467 g/mol. The van der Waals surface area contributed by atoms with Gasteiger partial charge in [0.1, 0.15) is 17.2 Å². The molecule has 0 saturated carbocycles. The Morgan fingerprint density at radius 3 is 2.41 bits per heavy atom. The zero-order valence-corrected chi connectivity index (χ0v) is 18.9. The number of carbonyl (C=O) groups is 2. The molecule has 3 rings (SSSR count). The van der Waals surface area contributed by atoms with Gasteiger partial charge in [-0.05, 0) is 53.1 Å². The molecule has 0 aliphatic rings. The summed E-state index contributed by atoms with van der Waals surface area (Å²) in [5.74, 6) is -0.447. The summed E-state index contributed by atoms with van der Waals surface area (Å²) in [5.41, 5.74) is 1.06. The van der Waals surface area contributed by atoms with Crippen molar-refractivity contribution in [1.82, 2.24) is 9.88 Å². The van der Waals surface area contributed by atoms with E-state index in [1.165, 1.54) is 31.0 Å². The van der Waals surface area contributed by atoms with Crippen molar-refractivity contribution in [3.05, 3.63) is 70.6 Å². The van der Waals surface area contributed by atoms with E-state index in [9.17, 15) is 24.6 Å². The number of rotatable bonds is 8. The van der Waals surface area contributed by atoms with Crippen LogP contribution in [-0.2, 0) is 11.8 Å². The summed E-state index contributed by atoms with van der Waals surface area (Å²) in [4.78, 5) is 36.5. The largest absolute Gasteiger partial charge is 0.505 e. The zero-order valence-electron chi connectivity index (χ0n) is 18.9. The topological polar surface area (TPSA) is 139 Å². The lowest BCUT2D eigenvalue weighted by Gasteiger charge is -2.20. The highest BCUT2D eigenvalue weighted by molar-refractivity contribution is 5.91. The summed E-state index contributed by atoms with van der Waals surface area (Å²) in [6.45, 7) is 0. The SMILES string of the molecule is COc1cccc(-c2cc(OC)cc([C@H](CC(=O)O)NC(=O)Nc3c(O)ccn(C)c3=O)c2)c1. The fourth-order valence-corrected chi connectivity index (χ4v) is 3.38. The predicted molar refractivity (Wildman–Crippen MR) is 125 cm³/mol. The molecule has 10 nitrogen and oxygen atoms in total. The Bertz CT molecular complexity index is 1270. The maximum absolute atomic E-state index is 12.7. The number of carboxylic acids is 1. The van der Waals surface area contributed by atoms with Crippen molar-refractivity contribution in [2.45, 2.75) is 12.5 Å². The summed E-state index contributed by atoms with van der Waals surface area (Å²) in [6.07, 6.45) is 0.918. The zero-order chi connectivity index (χ0) is 24.8. The van der Waals surface area contributed by atoms with Crippen molar-refractivity contribution < 1.29 is 29.3 Å². The summed E-state index contributed by atoms with van der Waals surface area (Å²) < 4.78 is 11.9. The molecule has 0 unspecified atom stereocenters. The van der Waals surface area contributed by atoms with E-state index < -0.39 is 35.8 Å². The third-order valence-corrected chi connectivity index (χ3v) is 5.14. The highest BCUT2D eigenvalue weighted by Gasteiger charge is 2.21. The highest BCUT2D eigenvalue weighted by Crippen LogP contribution is 2.32. The molecule has 1 atom stereocenters. The van der Waals surface area contributed by atoms with Crippen LogP contribution in [0.3, 0.4) is 0 Å². The number of methoxy groups -OCH3 is 2. The van der Waals surface area contributed by atoms with E-state index in [2.05, 4.69) is 10.6 Å². The molecule has 4 N–H and O–H groups in total. The second-order valence-corrected chi connectivity index (χ2v) is 7.47. The lowest BCUT2D eigenvalue weighted by molar-refractivity contribution is -0.137. The number of aromatic nitrogens is 1. The molecule has 34 heavy (non-hydrogen) atoms. The summed E-state index contributed by atoms with van der Waals surface area (Å²) >= 11 is 0. The van der Waals surface area contributed by atoms with Crippen molar-refractivity contribution in [3.8, 4) is 28.4 Å². The molecule has 0 bridgehead atoms. The van der Waals surface area contributed by atoms with Gasteiger partial charge in [0.05, 0.1) is 26.7 Å². The fourth-order valence-electron chi connectivity index (χ4n) is 3.38. The van der Waals surface area contributed by atoms with Crippen LogP contribution in [0.25, 0.3) is 11.1 Å².